The Balaban J connectivity index is 1.79. The smallest absolute Gasteiger partial charge is 0.264 e. The summed E-state index contributed by atoms with van der Waals surface area (Å²) in [5, 5.41) is 0. The van der Waals surface area contributed by atoms with Gasteiger partial charge in [-0.05, 0) is 216 Å². The number of benzene rings is 6. The van der Waals surface area contributed by atoms with Gasteiger partial charge in [0.2, 0.25) is 0 Å². The van der Waals surface area contributed by atoms with Crippen molar-refractivity contribution in [3.8, 4) is 34.5 Å². The summed E-state index contributed by atoms with van der Waals surface area (Å²) in [5.41, 5.74) is 13.7. The molecule has 0 fully saturated rings. The fourth-order valence-electron chi connectivity index (χ4n) is 16.8. The molecule has 0 amide bonds. The second kappa shape index (κ2) is 54.4. The van der Waals surface area contributed by atoms with Crippen LogP contribution in [-0.4, -0.2) is 152 Å². The molecule has 6 aromatic carbocycles. The third kappa shape index (κ3) is 40.9. The Labute approximate surface area is 754 Å². The van der Waals surface area contributed by atoms with Crippen molar-refractivity contribution in [1.29, 1.82) is 0 Å². The molecule has 24 nitrogen and oxygen atoms in total. The summed E-state index contributed by atoms with van der Waals surface area (Å²) < 4.78 is 256. The molecule has 1 aliphatic rings. The van der Waals surface area contributed by atoms with Gasteiger partial charge in [0.05, 0.1) is 74.2 Å². The highest BCUT2D eigenvalue weighted by atomic mass is 32.2. The predicted molar refractivity (Wildman–Crippen MR) is 502 cm³/mol. The number of rotatable bonds is 60. The Bertz CT molecular complexity index is 4150. The van der Waals surface area contributed by atoms with Crippen LogP contribution in [0, 0.1) is 0 Å². The largest absolute Gasteiger partial charge is 0.493 e. The van der Waals surface area contributed by atoms with Crippen LogP contribution in [0.15, 0.2) is 72.8 Å². The van der Waals surface area contributed by atoms with E-state index < -0.39 is 95.2 Å². The molecule has 708 valence electrons. The molecule has 6 N–H and O–H groups in total. The molecule has 0 aliphatic heterocycles. The highest BCUT2D eigenvalue weighted by Gasteiger charge is 2.29. The molecule has 0 aromatic heterocycles. The summed E-state index contributed by atoms with van der Waals surface area (Å²) >= 11 is 0. The number of hydrogen-bond acceptors (Lipinski definition) is 18. The van der Waals surface area contributed by atoms with Crippen LogP contribution in [0.4, 0.5) is 0 Å². The number of ether oxygens (including phenoxy) is 6. The van der Waals surface area contributed by atoms with Crippen molar-refractivity contribution in [2.24, 2.45) is 0 Å². The van der Waals surface area contributed by atoms with Crippen LogP contribution in [0.5, 0.6) is 34.5 Å². The van der Waals surface area contributed by atoms with Gasteiger partial charge < -0.3 is 28.4 Å². The molecular weight excluding hydrogens is 1730 g/mol. The quantitative estimate of drug-likeness (QED) is 0.0152. The monoisotopic (exact) mass is 1870 g/mol. The van der Waals surface area contributed by atoms with Gasteiger partial charge in [-0.1, -0.05) is 230 Å². The topological polar surface area (TPSA) is 382 Å². The molecule has 126 heavy (non-hydrogen) atoms. The van der Waals surface area contributed by atoms with E-state index in [1.165, 1.54) is 0 Å². The minimum atomic E-state index is -4.49. The minimum absolute atomic E-state index is 0.102. The van der Waals surface area contributed by atoms with Crippen LogP contribution in [0.1, 0.15) is 334 Å². The van der Waals surface area contributed by atoms with Gasteiger partial charge in [-0.15, -0.1) is 0 Å². The van der Waals surface area contributed by atoms with E-state index in [1.54, 1.807) is 0 Å². The first-order valence-corrected chi connectivity index (χ1v) is 56.0. The summed E-state index contributed by atoms with van der Waals surface area (Å²) in [6.07, 6.45) is 25.5. The van der Waals surface area contributed by atoms with Gasteiger partial charge in [-0.2, -0.15) is 50.5 Å². The van der Waals surface area contributed by atoms with E-state index >= 15 is 0 Å². The zero-order valence-electron chi connectivity index (χ0n) is 75.6. The lowest BCUT2D eigenvalue weighted by Crippen LogP contribution is -2.14. The van der Waals surface area contributed by atoms with Crippen LogP contribution in [0.25, 0.3) is 0 Å². The van der Waals surface area contributed by atoms with Crippen LogP contribution < -0.4 is 28.4 Å². The summed E-state index contributed by atoms with van der Waals surface area (Å²) in [6, 6.07) is 25.2. The molecule has 0 spiro atoms. The number of fused-ring (bicyclic) bond motifs is 12. The first-order chi connectivity index (χ1) is 60.0. The highest BCUT2D eigenvalue weighted by molar-refractivity contribution is 7.87. The van der Waals surface area contributed by atoms with Gasteiger partial charge in [-0.3, -0.25) is 27.3 Å². The van der Waals surface area contributed by atoms with Gasteiger partial charge in [-0.25, -0.2) is 0 Å². The van der Waals surface area contributed by atoms with Crippen LogP contribution in [0.3, 0.4) is 0 Å². The molecule has 30 heteroatoms. The first-order valence-electron chi connectivity index (χ1n) is 46.3. The van der Waals surface area contributed by atoms with Crippen molar-refractivity contribution < 1.29 is 106 Å². The lowest BCUT2D eigenvalue weighted by molar-refractivity contribution is 0.303. The van der Waals surface area contributed by atoms with Gasteiger partial charge in [0.15, 0.2) is 0 Å². The van der Waals surface area contributed by atoms with Gasteiger partial charge in [0, 0.05) is 38.5 Å². The van der Waals surface area contributed by atoms with Gasteiger partial charge in [0.25, 0.3) is 60.7 Å². The Morgan fingerprint density at radius 1 is 0.190 bits per heavy atom. The Hall–Kier alpha value is -6.42. The molecule has 12 bridgehead atoms. The molecule has 0 radical (unpaired) electrons. The third-order valence-corrected chi connectivity index (χ3v) is 27.6. The van der Waals surface area contributed by atoms with Gasteiger partial charge >= 0.3 is 0 Å². The molecule has 1 aliphatic carbocycles. The average Bonchev–Trinajstić information content (AvgIpc) is 0.776. The number of hydrogen-bond donors (Lipinski definition) is 6. The standard InChI is InChI=1S/C96H144O24S6/c1-7-13-19-25-37-73-55-79-67-81-57-74(38-26-20-14-8-2)59-83(92(81)116-44-32-50-122(100,101)102)69-85-61-76(40-28-22-16-10-4)63-87(94(85)118-46-34-52-124(106,107)108)71-89-65-78(42-30-24-18-12-6)66-90(96(89)120-48-36-54-126(112,113)114)72-88-64-77(41-29-23-17-11-5)62-86(95(88)119-47-35-53-125(109,110)111)70-84-60-75(39-27-21-15-9-3)58-82(93(84)117-45-33-51-123(103,104)105)68-80(56-73)91(79)115-43-31-49-121(97,98)99/h55-66H,7-54,67-72H2,1-6H3,(H,97,98,99)(H,100,101,102)(H,103,104,105)(H,106,107,108)(H,109,110,111)(H,112,113,114). The van der Waals surface area contributed by atoms with Crippen molar-refractivity contribution >= 4 is 60.7 Å². The molecule has 6 aromatic rings. The Kier molecular flexibility index (Phi) is 46.0. The number of unbranched alkanes of at least 4 members (excludes halogenated alkanes) is 18. The average molecular weight is 1870 g/mol. The third-order valence-electron chi connectivity index (χ3n) is 22.8. The fourth-order valence-corrected chi connectivity index (χ4v) is 19.7. The molecular formula is C96H144O24S6. The summed E-state index contributed by atoms with van der Waals surface area (Å²) in [6.45, 7) is 11.7. The van der Waals surface area contributed by atoms with Crippen LogP contribution >= 0.6 is 0 Å². The molecule has 7 rings (SSSR count). The summed E-state index contributed by atoms with van der Waals surface area (Å²) in [7, 11) is -26.9. The lowest BCUT2D eigenvalue weighted by atomic mass is 9.87. The SMILES string of the molecule is CCCCCCc1cc2c(OCCCS(=O)(=O)O)c(c1)Cc1cc(CCCCCC)cc(c1OCCCS(=O)(=O)O)Cc1cc(CCCCCC)cc(c1OCCCS(=O)(=O)O)Cc1cc(CCCCCC)cc(c1OCCCS(=O)(=O)O)Cc1cc(CCCCCC)cc(c1OCCCS(=O)(=O)O)Cc1cc(CCCCCC)cc(c1OCCCS(=O)(=O)O)C2. The highest BCUT2D eigenvalue weighted by Crippen LogP contribution is 2.44. The van der Waals surface area contributed by atoms with Gasteiger partial charge in [0.1, 0.15) is 34.5 Å². The summed E-state index contributed by atoms with van der Waals surface area (Å²) in [4.78, 5) is 0. The van der Waals surface area contributed by atoms with Crippen molar-refractivity contribution in [1.82, 2.24) is 0 Å². The van der Waals surface area contributed by atoms with Crippen molar-refractivity contribution in [3.05, 3.63) is 173 Å². The van der Waals surface area contributed by atoms with Crippen LogP contribution in [-0.2, 0) is 138 Å². The van der Waals surface area contributed by atoms with Crippen LogP contribution in [0.2, 0.25) is 0 Å². The molecule has 0 saturated carbocycles. The number of aryl methyl sites for hydroxylation is 6. The molecule has 0 unspecified atom stereocenters. The maximum atomic E-state index is 12.6. The van der Waals surface area contributed by atoms with E-state index in [1.807, 2.05) is 0 Å². The van der Waals surface area contributed by atoms with Crippen molar-refractivity contribution in [2.75, 3.05) is 74.2 Å². The van der Waals surface area contributed by atoms with Crippen molar-refractivity contribution in [3.63, 3.8) is 0 Å². The van der Waals surface area contributed by atoms with E-state index in [0.29, 0.717) is 140 Å². The zero-order valence-corrected chi connectivity index (χ0v) is 80.5. The van der Waals surface area contributed by atoms with E-state index in [2.05, 4.69) is 114 Å². The second-order valence-corrected chi connectivity index (χ2v) is 43.7. The van der Waals surface area contributed by atoms with E-state index in [-0.39, 0.29) is 117 Å². The Morgan fingerprint density at radius 2 is 0.310 bits per heavy atom. The Morgan fingerprint density at radius 3 is 0.413 bits per heavy atom. The van der Waals surface area contributed by atoms with E-state index in [9.17, 15) is 77.8 Å². The minimum Gasteiger partial charge on any atom is -0.493 e. The van der Waals surface area contributed by atoms with Crippen molar-refractivity contribution in [2.45, 2.75) is 311 Å². The molecule has 0 heterocycles. The normalized spacial score (nSPS) is 13.0. The predicted octanol–water partition coefficient (Wildman–Crippen LogP) is 20.2. The lowest BCUT2D eigenvalue weighted by Gasteiger charge is -2.25. The summed E-state index contributed by atoms with van der Waals surface area (Å²) in [5.74, 6) is -1.34. The van der Waals surface area contributed by atoms with E-state index in [4.69, 9.17) is 28.4 Å². The zero-order chi connectivity index (χ0) is 91.8. The molecule has 0 atom stereocenters. The maximum Gasteiger partial charge on any atom is 0.264 e. The second-order valence-electron chi connectivity index (χ2n) is 34.3. The molecule has 0 saturated heterocycles. The van der Waals surface area contributed by atoms with E-state index in [0.717, 1.165) is 187 Å². The first kappa shape index (κ1) is 107. The maximum absolute atomic E-state index is 12.6. The fraction of sp³-hybridized carbons (Fsp3) is 0.625.